The third-order valence-corrected chi connectivity index (χ3v) is 2.58. The first-order valence-corrected chi connectivity index (χ1v) is 6.14. The second-order valence-electron chi connectivity index (χ2n) is 3.96. The minimum atomic E-state index is -0.478. The second kappa shape index (κ2) is 7.32. The minimum Gasteiger partial charge on any atom is -0.491 e. The second-order valence-corrected chi connectivity index (χ2v) is 3.96. The van der Waals surface area contributed by atoms with Crippen molar-refractivity contribution in [3.05, 3.63) is 54.0 Å². The SMILES string of the molecule is NNC(=O)c1occc1COCCOc1ccccc1. The summed E-state index contributed by atoms with van der Waals surface area (Å²) in [7, 11) is 0. The van der Waals surface area contributed by atoms with E-state index in [1.807, 2.05) is 35.8 Å². The van der Waals surface area contributed by atoms with Gasteiger partial charge in [0.05, 0.1) is 19.5 Å². The Kier molecular flexibility index (Phi) is 5.16. The van der Waals surface area contributed by atoms with Crippen LogP contribution in [0.2, 0.25) is 0 Å². The fourth-order valence-electron chi connectivity index (χ4n) is 1.63. The van der Waals surface area contributed by atoms with Crippen LogP contribution in [0.15, 0.2) is 47.1 Å². The average molecular weight is 276 g/mol. The molecule has 3 N–H and O–H groups in total. The van der Waals surface area contributed by atoms with Gasteiger partial charge in [0, 0.05) is 5.56 Å². The van der Waals surface area contributed by atoms with Gasteiger partial charge in [-0.1, -0.05) is 18.2 Å². The van der Waals surface area contributed by atoms with Crippen LogP contribution in [0.25, 0.3) is 0 Å². The molecule has 106 valence electrons. The molecule has 0 radical (unpaired) electrons. The highest BCUT2D eigenvalue weighted by atomic mass is 16.5. The van der Waals surface area contributed by atoms with Crippen LogP contribution >= 0.6 is 0 Å². The number of hydrogen-bond donors (Lipinski definition) is 2. The van der Waals surface area contributed by atoms with Gasteiger partial charge in [0.25, 0.3) is 0 Å². The summed E-state index contributed by atoms with van der Waals surface area (Å²) in [6.45, 7) is 1.10. The van der Waals surface area contributed by atoms with E-state index in [4.69, 9.17) is 19.7 Å². The average Bonchev–Trinajstić information content (AvgIpc) is 2.95. The van der Waals surface area contributed by atoms with Crippen molar-refractivity contribution >= 4 is 5.91 Å². The maximum Gasteiger partial charge on any atom is 0.301 e. The smallest absolute Gasteiger partial charge is 0.301 e. The number of nitrogens with two attached hydrogens (primary N) is 1. The van der Waals surface area contributed by atoms with E-state index in [-0.39, 0.29) is 12.4 Å². The lowest BCUT2D eigenvalue weighted by Crippen LogP contribution is -2.30. The van der Waals surface area contributed by atoms with Gasteiger partial charge in [0.1, 0.15) is 12.4 Å². The summed E-state index contributed by atoms with van der Waals surface area (Å²) in [4.78, 5) is 11.4. The molecule has 1 aromatic heterocycles. The van der Waals surface area contributed by atoms with E-state index in [0.717, 1.165) is 5.75 Å². The van der Waals surface area contributed by atoms with E-state index in [2.05, 4.69) is 0 Å². The highest BCUT2D eigenvalue weighted by molar-refractivity contribution is 5.92. The molecule has 1 amide bonds. The molecule has 0 bridgehead atoms. The van der Waals surface area contributed by atoms with E-state index < -0.39 is 5.91 Å². The van der Waals surface area contributed by atoms with Crippen molar-refractivity contribution in [2.45, 2.75) is 6.61 Å². The lowest BCUT2D eigenvalue weighted by molar-refractivity contribution is 0.0840. The van der Waals surface area contributed by atoms with Gasteiger partial charge >= 0.3 is 5.91 Å². The maximum absolute atomic E-state index is 11.4. The van der Waals surface area contributed by atoms with E-state index >= 15 is 0 Å². The zero-order valence-electron chi connectivity index (χ0n) is 10.9. The Labute approximate surface area is 116 Å². The van der Waals surface area contributed by atoms with Crippen LogP contribution in [0, 0.1) is 0 Å². The molecule has 20 heavy (non-hydrogen) atoms. The number of furan rings is 1. The fraction of sp³-hybridized carbons (Fsp3) is 0.214. The molecule has 0 spiro atoms. The van der Waals surface area contributed by atoms with Crippen molar-refractivity contribution in [3.63, 3.8) is 0 Å². The number of para-hydroxylation sites is 1. The number of ether oxygens (including phenoxy) is 2. The van der Waals surface area contributed by atoms with E-state index in [1.54, 1.807) is 6.07 Å². The number of hydrazine groups is 1. The summed E-state index contributed by atoms with van der Waals surface area (Å²) < 4.78 is 15.9. The first-order chi connectivity index (χ1) is 9.81. The molecule has 1 aromatic carbocycles. The number of carbonyl (C=O) groups is 1. The van der Waals surface area contributed by atoms with Crippen LogP contribution in [0.3, 0.4) is 0 Å². The van der Waals surface area contributed by atoms with E-state index in [0.29, 0.717) is 18.8 Å². The number of rotatable bonds is 7. The molecule has 2 rings (SSSR count). The quantitative estimate of drug-likeness (QED) is 0.346. The van der Waals surface area contributed by atoms with Crippen LogP contribution < -0.4 is 16.0 Å². The number of benzene rings is 1. The molecule has 0 saturated carbocycles. The summed E-state index contributed by atoms with van der Waals surface area (Å²) in [6.07, 6.45) is 1.42. The predicted molar refractivity (Wildman–Crippen MR) is 72.0 cm³/mol. The van der Waals surface area contributed by atoms with Crippen LogP contribution in [-0.2, 0) is 11.3 Å². The van der Waals surface area contributed by atoms with Crippen molar-refractivity contribution in [1.29, 1.82) is 0 Å². The van der Waals surface area contributed by atoms with Crippen LogP contribution in [-0.4, -0.2) is 19.1 Å². The van der Waals surface area contributed by atoms with E-state index in [9.17, 15) is 4.79 Å². The van der Waals surface area contributed by atoms with E-state index in [1.165, 1.54) is 6.26 Å². The summed E-state index contributed by atoms with van der Waals surface area (Å²) in [5.41, 5.74) is 2.66. The molecule has 0 aliphatic heterocycles. The molecule has 0 unspecified atom stereocenters. The number of carbonyl (C=O) groups excluding carboxylic acids is 1. The van der Waals surface area contributed by atoms with Crippen molar-refractivity contribution in [2.75, 3.05) is 13.2 Å². The van der Waals surface area contributed by atoms with Gasteiger partial charge in [-0.25, -0.2) is 5.84 Å². The summed E-state index contributed by atoms with van der Waals surface area (Å²) in [5, 5.41) is 0. The zero-order chi connectivity index (χ0) is 14.2. The standard InChI is InChI=1S/C14H16N2O4/c15-16-14(17)13-11(6-7-20-13)10-18-8-9-19-12-4-2-1-3-5-12/h1-7H,8-10,15H2,(H,16,17). The number of nitrogen functional groups attached to an aromatic ring is 1. The first-order valence-electron chi connectivity index (χ1n) is 6.14. The van der Waals surface area contributed by atoms with Crippen LogP contribution in [0.1, 0.15) is 16.1 Å². The highest BCUT2D eigenvalue weighted by Crippen LogP contribution is 2.12. The van der Waals surface area contributed by atoms with Gasteiger partial charge in [-0.3, -0.25) is 10.2 Å². The molecule has 0 aliphatic rings. The van der Waals surface area contributed by atoms with Gasteiger partial charge in [-0.2, -0.15) is 0 Å². The molecule has 6 nitrogen and oxygen atoms in total. The Morgan fingerprint density at radius 3 is 2.75 bits per heavy atom. The summed E-state index contributed by atoms with van der Waals surface area (Å²) >= 11 is 0. The minimum absolute atomic E-state index is 0.163. The molecule has 0 aliphatic carbocycles. The summed E-state index contributed by atoms with van der Waals surface area (Å²) in [5.74, 6) is 5.53. The molecule has 0 saturated heterocycles. The Morgan fingerprint density at radius 1 is 1.20 bits per heavy atom. The molecular formula is C14H16N2O4. The third-order valence-electron chi connectivity index (χ3n) is 2.58. The number of nitrogens with one attached hydrogen (secondary N) is 1. The lowest BCUT2D eigenvalue weighted by atomic mass is 10.2. The molecule has 0 atom stereocenters. The number of amides is 1. The van der Waals surface area contributed by atoms with Gasteiger partial charge < -0.3 is 13.9 Å². The molecule has 1 heterocycles. The fourth-order valence-corrected chi connectivity index (χ4v) is 1.63. The molecule has 0 fully saturated rings. The first kappa shape index (κ1) is 14.1. The maximum atomic E-state index is 11.4. The topological polar surface area (TPSA) is 86.7 Å². The molecular weight excluding hydrogens is 260 g/mol. The van der Waals surface area contributed by atoms with Crippen molar-refractivity contribution in [1.82, 2.24) is 5.43 Å². The summed E-state index contributed by atoms with van der Waals surface area (Å²) in [6, 6.07) is 11.1. The highest BCUT2D eigenvalue weighted by Gasteiger charge is 2.13. The van der Waals surface area contributed by atoms with Crippen LogP contribution in [0.4, 0.5) is 0 Å². The largest absolute Gasteiger partial charge is 0.491 e. The normalized spacial score (nSPS) is 10.2. The third kappa shape index (κ3) is 3.84. The monoisotopic (exact) mass is 276 g/mol. The molecule has 6 heteroatoms. The van der Waals surface area contributed by atoms with Gasteiger partial charge in [-0.05, 0) is 18.2 Å². The van der Waals surface area contributed by atoms with Crippen molar-refractivity contribution in [2.24, 2.45) is 5.84 Å². The Hall–Kier alpha value is -2.31. The number of hydrogen-bond acceptors (Lipinski definition) is 5. The predicted octanol–water partition coefficient (Wildman–Crippen LogP) is 1.48. The Bertz CT molecular complexity index is 539. The van der Waals surface area contributed by atoms with Gasteiger partial charge in [0.2, 0.25) is 0 Å². The lowest BCUT2D eigenvalue weighted by Gasteiger charge is -2.07. The van der Waals surface area contributed by atoms with Crippen LogP contribution in [0.5, 0.6) is 5.75 Å². The Morgan fingerprint density at radius 2 is 2.00 bits per heavy atom. The Balaban J connectivity index is 1.71. The van der Waals surface area contributed by atoms with Crippen molar-refractivity contribution < 1.29 is 18.7 Å². The van der Waals surface area contributed by atoms with Crippen molar-refractivity contribution in [3.8, 4) is 5.75 Å². The van der Waals surface area contributed by atoms with Gasteiger partial charge in [0.15, 0.2) is 5.76 Å². The molecule has 2 aromatic rings. The zero-order valence-corrected chi connectivity index (χ0v) is 10.9. The van der Waals surface area contributed by atoms with Gasteiger partial charge in [-0.15, -0.1) is 0 Å².